The molecule has 1 aromatic carbocycles. The largest absolute Gasteiger partial charge is 0.264 e. The number of hydrogen-bond acceptors (Lipinski definition) is 4. The van der Waals surface area contributed by atoms with Crippen molar-refractivity contribution in [2.45, 2.75) is 30.4 Å². The summed E-state index contributed by atoms with van der Waals surface area (Å²) in [7, 11) is -3.62. The standard InChI is InChI=1S/C17H16ClN3O2S/c1-11(24(20,22)23)17(4-5-17)15-6-14(9-21-10-15)12-2-3-13(8-19)16(18)7-12/h2-3,6-7,9-11H,4-5H2,1H3,(H2,20,22,23). The zero-order valence-corrected chi connectivity index (χ0v) is 14.6. The van der Waals surface area contributed by atoms with Crippen molar-refractivity contribution < 1.29 is 8.42 Å². The number of nitrogens with two attached hydrogens (primary N) is 1. The van der Waals surface area contributed by atoms with E-state index in [0.717, 1.165) is 29.5 Å². The number of rotatable bonds is 4. The van der Waals surface area contributed by atoms with Gasteiger partial charge in [-0.05, 0) is 49.1 Å². The van der Waals surface area contributed by atoms with E-state index in [-0.39, 0.29) is 0 Å². The second-order valence-electron chi connectivity index (χ2n) is 6.16. The van der Waals surface area contributed by atoms with Crippen LogP contribution in [0.5, 0.6) is 0 Å². The molecule has 1 atom stereocenters. The first-order valence-electron chi connectivity index (χ1n) is 7.45. The van der Waals surface area contributed by atoms with Gasteiger partial charge >= 0.3 is 0 Å². The molecule has 0 spiro atoms. The summed E-state index contributed by atoms with van der Waals surface area (Å²) in [6, 6.07) is 9.12. The van der Waals surface area contributed by atoms with Crippen molar-refractivity contribution in [3.63, 3.8) is 0 Å². The summed E-state index contributed by atoms with van der Waals surface area (Å²) in [6.07, 6.45) is 4.93. The molecule has 1 saturated carbocycles. The fourth-order valence-electron chi connectivity index (χ4n) is 3.03. The van der Waals surface area contributed by atoms with Gasteiger partial charge in [0.15, 0.2) is 0 Å². The molecule has 1 aliphatic carbocycles. The van der Waals surface area contributed by atoms with Crippen LogP contribution in [-0.4, -0.2) is 18.7 Å². The third-order valence-corrected chi connectivity index (χ3v) is 6.55. The van der Waals surface area contributed by atoms with Gasteiger partial charge < -0.3 is 0 Å². The predicted octanol–water partition coefficient (Wildman–Crippen LogP) is 2.98. The molecule has 0 aliphatic heterocycles. The predicted molar refractivity (Wildman–Crippen MR) is 92.9 cm³/mol. The van der Waals surface area contributed by atoms with Gasteiger partial charge in [0.05, 0.1) is 15.8 Å². The quantitative estimate of drug-likeness (QED) is 0.905. The van der Waals surface area contributed by atoms with E-state index in [0.29, 0.717) is 10.6 Å². The van der Waals surface area contributed by atoms with E-state index >= 15 is 0 Å². The molecule has 24 heavy (non-hydrogen) atoms. The Hall–Kier alpha value is -1.94. The molecular weight excluding hydrogens is 346 g/mol. The average Bonchev–Trinajstić information content (AvgIpc) is 3.35. The Morgan fingerprint density at radius 2 is 2.00 bits per heavy atom. The molecule has 0 saturated heterocycles. The number of aromatic nitrogens is 1. The van der Waals surface area contributed by atoms with Gasteiger partial charge in [-0.1, -0.05) is 17.7 Å². The molecule has 0 bridgehead atoms. The number of primary sulfonamides is 1. The number of pyridine rings is 1. The number of hydrogen-bond donors (Lipinski definition) is 1. The zero-order chi connectivity index (χ0) is 17.5. The number of halogens is 1. The van der Waals surface area contributed by atoms with Gasteiger partial charge in [0, 0.05) is 23.4 Å². The van der Waals surface area contributed by atoms with E-state index in [9.17, 15) is 8.42 Å². The topological polar surface area (TPSA) is 96.8 Å². The van der Waals surface area contributed by atoms with Crippen LogP contribution < -0.4 is 5.14 Å². The van der Waals surface area contributed by atoms with Crippen LogP contribution in [0.1, 0.15) is 30.9 Å². The van der Waals surface area contributed by atoms with E-state index in [2.05, 4.69) is 4.98 Å². The molecule has 0 radical (unpaired) electrons. The van der Waals surface area contributed by atoms with Crippen molar-refractivity contribution in [1.29, 1.82) is 5.26 Å². The van der Waals surface area contributed by atoms with E-state index in [1.165, 1.54) is 0 Å². The molecule has 1 aliphatic rings. The summed E-state index contributed by atoms with van der Waals surface area (Å²) in [5, 5.41) is 14.0. The van der Waals surface area contributed by atoms with Crippen LogP contribution in [0.2, 0.25) is 5.02 Å². The minimum Gasteiger partial charge on any atom is -0.264 e. The smallest absolute Gasteiger partial charge is 0.212 e. The van der Waals surface area contributed by atoms with Crippen molar-refractivity contribution >= 4 is 21.6 Å². The van der Waals surface area contributed by atoms with Crippen molar-refractivity contribution in [3.8, 4) is 17.2 Å². The first kappa shape index (κ1) is 16.9. The molecular formula is C17H16ClN3O2S. The molecule has 1 aromatic heterocycles. The van der Waals surface area contributed by atoms with Gasteiger partial charge in [-0.15, -0.1) is 0 Å². The van der Waals surface area contributed by atoms with Gasteiger partial charge in [-0.25, -0.2) is 13.6 Å². The van der Waals surface area contributed by atoms with Crippen molar-refractivity contribution in [2.24, 2.45) is 5.14 Å². The maximum Gasteiger partial charge on any atom is 0.212 e. The lowest BCUT2D eigenvalue weighted by molar-refractivity contribution is 0.557. The van der Waals surface area contributed by atoms with E-state index < -0.39 is 20.7 Å². The van der Waals surface area contributed by atoms with Gasteiger partial charge in [0.2, 0.25) is 10.0 Å². The van der Waals surface area contributed by atoms with Gasteiger partial charge in [-0.3, -0.25) is 4.98 Å². The highest BCUT2D eigenvalue weighted by Gasteiger charge is 2.53. The second-order valence-corrected chi connectivity index (χ2v) is 8.45. The molecule has 0 amide bonds. The average molecular weight is 362 g/mol. The first-order valence-corrected chi connectivity index (χ1v) is 9.44. The van der Waals surface area contributed by atoms with Crippen LogP contribution in [0, 0.1) is 11.3 Å². The maximum atomic E-state index is 11.8. The van der Waals surface area contributed by atoms with Gasteiger partial charge in [-0.2, -0.15) is 5.26 Å². The van der Waals surface area contributed by atoms with E-state index in [1.807, 2.05) is 12.1 Å². The summed E-state index contributed by atoms with van der Waals surface area (Å²) in [5.41, 5.74) is 2.46. The Balaban J connectivity index is 2.02. The monoisotopic (exact) mass is 361 g/mol. The number of benzene rings is 1. The van der Waals surface area contributed by atoms with Gasteiger partial charge in [0.1, 0.15) is 6.07 Å². The highest BCUT2D eigenvalue weighted by atomic mass is 35.5. The summed E-state index contributed by atoms with van der Waals surface area (Å²) in [6.45, 7) is 1.65. The lowest BCUT2D eigenvalue weighted by atomic mass is 9.92. The Labute approximate surface area is 146 Å². The van der Waals surface area contributed by atoms with Crippen LogP contribution in [0.3, 0.4) is 0 Å². The molecule has 2 N–H and O–H groups in total. The molecule has 1 fully saturated rings. The minimum atomic E-state index is -3.62. The van der Waals surface area contributed by atoms with Crippen molar-refractivity contribution in [2.75, 3.05) is 0 Å². The lowest BCUT2D eigenvalue weighted by Crippen LogP contribution is -2.36. The fraction of sp³-hybridized carbons (Fsp3) is 0.294. The Kier molecular flexibility index (Phi) is 4.12. The zero-order valence-electron chi connectivity index (χ0n) is 13.0. The lowest BCUT2D eigenvalue weighted by Gasteiger charge is -2.22. The van der Waals surface area contributed by atoms with Crippen LogP contribution in [0.4, 0.5) is 0 Å². The number of nitrogens with zero attached hydrogens (tertiary/aromatic N) is 2. The normalized spacial score (nSPS) is 17.1. The Bertz CT molecular complexity index is 947. The summed E-state index contributed by atoms with van der Waals surface area (Å²) < 4.78 is 23.5. The van der Waals surface area contributed by atoms with Crippen LogP contribution in [0.25, 0.3) is 11.1 Å². The van der Waals surface area contributed by atoms with Crippen LogP contribution in [-0.2, 0) is 15.4 Å². The second kappa shape index (κ2) is 5.85. The third kappa shape index (κ3) is 2.91. The highest BCUT2D eigenvalue weighted by molar-refractivity contribution is 7.89. The number of nitriles is 1. The SMILES string of the molecule is CC(C1(c2cncc(-c3ccc(C#N)c(Cl)c3)c2)CC1)S(N)(=O)=O. The van der Waals surface area contributed by atoms with Crippen LogP contribution >= 0.6 is 11.6 Å². The molecule has 2 aromatic rings. The first-order chi connectivity index (χ1) is 11.3. The van der Waals surface area contributed by atoms with E-state index in [4.69, 9.17) is 22.0 Å². The maximum absolute atomic E-state index is 11.8. The molecule has 1 heterocycles. The fourth-order valence-corrected chi connectivity index (χ4v) is 4.26. The molecule has 7 heteroatoms. The van der Waals surface area contributed by atoms with E-state index in [1.54, 1.807) is 37.5 Å². The number of sulfonamides is 1. The summed E-state index contributed by atoms with van der Waals surface area (Å²) in [5.74, 6) is 0. The highest BCUT2D eigenvalue weighted by Crippen LogP contribution is 2.53. The minimum absolute atomic E-state index is 0.374. The van der Waals surface area contributed by atoms with Crippen LogP contribution in [0.15, 0.2) is 36.7 Å². The molecule has 3 rings (SSSR count). The molecule has 124 valence electrons. The van der Waals surface area contributed by atoms with Crippen molar-refractivity contribution in [3.05, 3.63) is 52.8 Å². The summed E-state index contributed by atoms with van der Waals surface area (Å²) in [4.78, 5) is 4.26. The molecule has 5 nitrogen and oxygen atoms in total. The van der Waals surface area contributed by atoms with Crippen molar-refractivity contribution in [1.82, 2.24) is 4.98 Å². The molecule has 1 unspecified atom stereocenters. The third-order valence-electron chi connectivity index (χ3n) is 4.80. The Morgan fingerprint density at radius 3 is 2.54 bits per heavy atom. The van der Waals surface area contributed by atoms with Gasteiger partial charge in [0.25, 0.3) is 0 Å². The summed E-state index contributed by atoms with van der Waals surface area (Å²) >= 11 is 6.09. The Morgan fingerprint density at radius 1 is 1.29 bits per heavy atom.